The Bertz CT molecular complexity index is 870. The summed E-state index contributed by atoms with van der Waals surface area (Å²) in [6.07, 6.45) is 5.66. The van der Waals surface area contributed by atoms with Crippen LogP contribution in [0, 0.1) is 5.82 Å². The van der Waals surface area contributed by atoms with E-state index >= 15 is 0 Å². The molecule has 0 bridgehead atoms. The SMILES string of the molecule is COc1nccnc1OC1CCC(NS(=O)(=O)Cc2cccc(F)c2)CC1. The summed E-state index contributed by atoms with van der Waals surface area (Å²) in [5.74, 6) is -0.0109. The fraction of sp³-hybridized carbons (Fsp3) is 0.444. The van der Waals surface area contributed by atoms with E-state index in [2.05, 4.69) is 14.7 Å². The zero-order valence-electron chi connectivity index (χ0n) is 15.0. The first-order chi connectivity index (χ1) is 12.9. The van der Waals surface area contributed by atoms with Crippen LogP contribution in [-0.4, -0.2) is 37.6 Å². The van der Waals surface area contributed by atoms with Gasteiger partial charge in [-0.1, -0.05) is 12.1 Å². The van der Waals surface area contributed by atoms with Gasteiger partial charge < -0.3 is 9.47 Å². The molecule has 27 heavy (non-hydrogen) atoms. The number of hydrogen-bond acceptors (Lipinski definition) is 6. The minimum absolute atomic E-state index is 0.0698. The van der Waals surface area contributed by atoms with Crippen molar-refractivity contribution in [3.63, 3.8) is 0 Å². The zero-order valence-corrected chi connectivity index (χ0v) is 15.8. The molecule has 7 nitrogen and oxygen atoms in total. The van der Waals surface area contributed by atoms with Gasteiger partial charge in [0.1, 0.15) is 11.9 Å². The third kappa shape index (κ3) is 5.61. The molecule has 0 saturated heterocycles. The number of ether oxygens (including phenoxy) is 2. The first-order valence-electron chi connectivity index (χ1n) is 8.71. The molecule has 0 atom stereocenters. The lowest BCUT2D eigenvalue weighted by Gasteiger charge is -2.29. The van der Waals surface area contributed by atoms with Crippen molar-refractivity contribution in [2.75, 3.05) is 7.11 Å². The Morgan fingerprint density at radius 1 is 1.15 bits per heavy atom. The molecule has 0 amide bonds. The zero-order chi connectivity index (χ0) is 19.3. The van der Waals surface area contributed by atoms with E-state index in [1.54, 1.807) is 6.07 Å². The average molecular weight is 395 g/mol. The first kappa shape index (κ1) is 19.5. The molecule has 1 aliphatic rings. The van der Waals surface area contributed by atoms with Crippen molar-refractivity contribution < 1.29 is 22.3 Å². The molecule has 1 fully saturated rings. The largest absolute Gasteiger partial charge is 0.477 e. The Morgan fingerprint density at radius 2 is 1.85 bits per heavy atom. The maximum Gasteiger partial charge on any atom is 0.278 e. The molecule has 1 N–H and O–H groups in total. The summed E-state index contributed by atoms with van der Waals surface area (Å²) in [4.78, 5) is 8.17. The molecular weight excluding hydrogens is 373 g/mol. The van der Waals surface area contributed by atoms with Crippen molar-refractivity contribution in [2.24, 2.45) is 0 Å². The van der Waals surface area contributed by atoms with Crippen LogP contribution in [0.2, 0.25) is 0 Å². The number of aromatic nitrogens is 2. The maximum atomic E-state index is 13.2. The van der Waals surface area contributed by atoms with Crippen LogP contribution in [0.4, 0.5) is 4.39 Å². The van der Waals surface area contributed by atoms with Crippen molar-refractivity contribution in [1.29, 1.82) is 0 Å². The Kier molecular flexibility index (Phi) is 6.22. The molecule has 1 heterocycles. The quantitative estimate of drug-likeness (QED) is 0.774. The second-order valence-corrected chi connectivity index (χ2v) is 8.22. The number of nitrogens with zero attached hydrogens (tertiary/aromatic N) is 2. The van der Waals surface area contributed by atoms with Crippen LogP contribution in [0.25, 0.3) is 0 Å². The Hall–Kier alpha value is -2.26. The van der Waals surface area contributed by atoms with Crippen LogP contribution >= 0.6 is 0 Å². The highest BCUT2D eigenvalue weighted by Gasteiger charge is 2.27. The van der Waals surface area contributed by atoms with Gasteiger partial charge >= 0.3 is 0 Å². The maximum absolute atomic E-state index is 13.2. The number of halogens is 1. The monoisotopic (exact) mass is 395 g/mol. The summed E-state index contributed by atoms with van der Waals surface area (Å²) < 4.78 is 51.6. The number of methoxy groups -OCH3 is 1. The Balaban J connectivity index is 1.51. The number of rotatable bonds is 7. The number of nitrogens with one attached hydrogen (secondary N) is 1. The summed E-state index contributed by atoms with van der Waals surface area (Å²) in [5, 5.41) is 0. The fourth-order valence-electron chi connectivity index (χ4n) is 3.13. The van der Waals surface area contributed by atoms with Crippen LogP contribution in [0.1, 0.15) is 31.2 Å². The van der Waals surface area contributed by atoms with E-state index in [1.807, 2.05) is 0 Å². The summed E-state index contributed by atoms with van der Waals surface area (Å²) >= 11 is 0. The molecule has 9 heteroatoms. The van der Waals surface area contributed by atoms with E-state index in [0.717, 1.165) is 0 Å². The highest BCUT2D eigenvalue weighted by molar-refractivity contribution is 7.88. The third-order valence-electron chi connectivity index (χ3n) is 4.37. The summed E-state index contributed by atoms with van der Waals surface area (Å²) in [5.41, 5.74) is 0.425. The van der Waals surface area contributed by atoms with Gasteiger partial charge in [-0.05, 0) is 43.4 Å². The topological polar surface area (TPSA) is 90.4 Å². The van der Waals surface area contributed by atoms with Gasteiger partial charge in [0.05, 0.1) is 12.9 Å². The van der Waals surface area contributed by atoms with Gasteiger partial charge in [0.2, 0.25) is 10.0 Å². The van der Waals surface area contributed by atoms with Gasteiger partial charge in [-0.15, -0.1) is 0 Å². The lowest BCUT2D eigenvalue weighted by molar-refractivity contribution is 0.132. The Morgan fingerprint density at radius 3 is 2.52 bits per heavy atom. The van der Waals surface area contributed by atoms with Crippen LogP contribution in [0.15, 0.2) is 36.7 Å². The van der Waals surface area contributed by atoms with E-state index in [4.69, 9.17) is 9.47 Å². The summed E-state index contributed by atoms with van der Waals surface area (Å²) in [6.45, 7) is 0. The minimum Gasteiger partial charge on any atom is -0.477 e. The predicted octanol–water partition coefficient (Wildman–Crippen LogP) is 2.43. The van der Waals surface area contributed by atoms with Crippen molar-refractivity contribution in [2.45, 2.75) is 43.6 Å². The van der Waals surface area contributed by atoms with Gasteiger partial charge in [-0.25, -0.2) is 27.5 Å². The molecule has 1 saturated carbocycles. The predicted molar refractivity (Wildman–Crippen MR) is 97.4 cm³/mol. The van der Waals surface area contributed by atoms with Gasteiger partial charge in [-0.2, -0.15) is 0 Å². The standard InChI is InChI=1S/C18H22FN3O4S/c1-25-17-18(21-10-9-20-17)26-16-7-5-15(6-8-16)22-27(23,24)12-13-3-2-4-14(19)11-13/h2-4,9-11,15-16,22H,5-8,12H2,1H3. The first-order valence-corrected chi connectivity index (χ1v) is 10.4. The highest BCUT2D eigenvalue weighted by Crippen LogP contribution is 2.27. The average Bonchev–Trinajstić information content (AvgIpc) is 2.63. The summed E-state index contributed by atoms with van der Waals surface area (Å²) in [7, 11) is -2.04. The molecule has 1 aromatic carbocycles. The van der Waals surface area contributed by atoms with Crippen molar-refractivity contribution in [1.82, 2.24) is 14.7 Å². The molecule has 0 aliphatic heterocycles. The number of sulfonamides is 1. The smallest absolute Gasteiger partial charge is 0.278 e. The van der Waals surface area contributed by atoms with Crippen LogP contribution in [0.3, 0.4) is 0 Å². The lowest BCUT2D eigenvalue weighted by Crippen LogP contribution is -2.40. The van der Waals surface area contributed by atoms with Crippen LogP contribution in [0.5, 0.6) is 11.8 Å². The third-order valence-corrected chi connectivity index (χ3v) is 5.78. The molecule has 1 aromatic heterocycles. The van der Waals surface area contributed by atoms with Gasteiger partial charge in [0.25, 0.3) is 11.8 Å². The molecule has 146 valence electrons. The second-order valence-electron chi connectivity index (χ2n) is 6.47. The molecular formula is C18H22FN3O4S. The normalized spacial score (nSPS) is 20.2. The van der Waals surface area contributed by atoms with Crippen LogP contribution in [-0.2, 0) is 15.8 Å². The molecule has 0 unspecified atom stereocenters. The molecule has 3 rings (SSSR count). The minimum atomic E-state index is -3.54. The van der Waals surface area contributed by atoms with E-state index < -0.39 is 15.8 Å². The van der Waals surface area contributed by atoms with Crippen molar-refractivity contribution in [3.05, 3.63) is 48.0 Å². The second kappa shape index (κ2) is 8.62. The molecule has 0 radical (unpaired) electrons. The van der Waals surface area contributed by atoms with Gasteiger partial charge in [0.15, 0.2) is 0 Å². The molecule has 2 aromatic rings. The van der Waals surface area contributed by atoms with E-state index in [9.17, 15) is 12.8 Å². The van der Waals surface area contributed by atoms with E-state index in [-0.39, 0.29) is 17.9 Å². The number of hydrogen-bond donors (Lipinski definition) is 1. The fourth-order valence-corrected chi connectivity index (χ4v) is 4.58. The van der Waals surface area contributed by atoms with Crippen molar-refractivity contribution in [3.8, 4) is 11.8 Å². The number of benzene rings is 1. The van der Waals surface area contributed by atoms with E-state index in [1.165, 1.54) is 37.7 Å². The summed E-state index contributed by atoms with van der Waals surface area (Å²) in [6, 6.07) is 5.46. The molecule has 1 aliphatic carbocycles. The van der Waals surface area contributed by atoms with Crippen LogP contribution < -0.4 is 14.2 Å². The molecule has 0 spiro atoms. The van der Waals surface area contributed by atoms with Gasteiger partial charge in [0, 0.05) is 18.4 Å². The lowest BCUT2D eigenvalue weighted by atomic mass is 9.94. The van der Waals surface area contributed by atoms with Crippen molar-refractivity contribution >= 4 is 10.0 Å². The highest BCUT2D eigenvalue weighted by atomic mass is 32.2. The van der Waals surface area contributed by atoms with Gasteiger partial charge in [-0.3, -0.25) is 0 Å². The Labute approximate surface area is 158 Å². The van der Waals surface area contributed by atoms with E-state index in [0.29, 0.717) is 43.0 Å².